The van der Waals surface area contributed by atoms with Crippen LogP contribution in [0.25, 0.3) is 0 Å². The lowest BCUT2D eigenvalue weighted by Gasteiger charge is -2.50. The molecule has 2 aliphatic rings. The minimum Gasteiger partial charge on any atom is -0.477 e. The third kappa shape index (κ3) is 4.40. The highest BCUT2D eigenvalue weighted by molar-refractivity contribution is 8.17. The molecule has 0 aromatic carbocycles. The molecule has 174 valence electrons. The Balaban J connectivity index is 1.44. The molecule has 1 saturated heterocycles. The van der Waals surface area contributed by atoms with Gasteiger partial charge < -0.3 is 25.9 Å². The number of carboxylic acid groups (broad SMARTS) is 1. The van der Waals surface area contributed by atoms with Gasteiger partial charge >= 0.3 is 5.97 Å². The van der Waals surface area contributed by atoms with Gasteiger partial charge in [-0.2, -0.15) is 0 Å². The fourth-order valence-electron chi connectivity index (χ4n) is 3.54. The molecular formula is C17H18N8O5S3. The average molecular weight is 511 g/mol. The number of nitrogens with two attached hydrogens (primary N) is 1. The number of allylic oxidation sites excluding steroid dienone is 1. The van der Waals surface area contributed by atoms with E-state index >= 15 is 0 Å². The highest BCUT2D eigenvalue weighted by atomic mass is 32.2. The average Bonchev–Trinajstić information content (AvgIpc) is 3.39. The van der Waals surface area contributed by atoms with Crippen LogP contribution in [0.2, 0.25) is 0 Å². The molecule has 2 amide bonds. The lowest BCUT2D eigenvalue weighted by atomic mass is 9.86. The summed E-state index contributed by atoms with van der Waals surface area (Å²) in [6.45, 7) is 0. The second-order valence-electron chi connectivity index (χ2n) is 6.99. The van der Waals surface area contributed by atoms with Crippen LogP contribution in [0.5, 0.6) is 0 Å². The molecule has 4 rings (SSSR count). The number of hydrogen-bond acceptors (Lipinski definition) is 12. The highest BCUT2D eigenvalue weighted by Crippen LogP contribution is 2.42. The fraction of sp³-hybridized carbons (Fsp3) is 0.353. The van der Waals surface area contributed by atoms with Crippen LogP contribution in [0.4, 0.5) is 5.13 Å². The van der Waals surface area contributed by atoms with Gasteiger partial charge in [0.1, 0.15) is 23.8 Å². The lowest BCUT2D eigenvalue weighted by molar-refractivity contribution is -0.155. The molecule has 0 unspecified atom stereocenters. The molecule has 2 aromatic rings. The zero-order chi connectivity index (χ0) is 23.7. The number of nitrogens with zero attached hydrogens (tertiary/aromatic N) is 6. The first-order valence-electron chi connectivity index (χ1n) is 9.45. The van der Waals surface area contributed by atoms with Crippen LogP contribution in [0, 0.1) is 0 Å². The Morgan fingerprint density at radius 1 is 1.42 bits per heavy atom. The van der Waals surface area contributed by atoms with Crippen molar-refractivity contribution in [3.05, 3.63) is 28.0 Å². The van der Waals surface area contributed by atoms with E-state index in [1.165, 1.54) is 33.8 Å². The van der Waals surface area contributed by atoms with Crippen LogP contribution < -0.4 is 11.1 Å². The highest BCUT2D eigenvalue weighted by Gasteiger charge is 2.53. The number of hydrogen-bond donors (Lipinski definition) is 4. The monoisotopic (exact) mass is 510 g/mol. The zero-order valence-corrected chi connectivity index (χ0v) is 19.5. The number of rotatable bonds is 8. The Morgan fingerprint density at radius 2 is 2.21 bits per heavy atom. The van der Waals surface area contributed by atoms with Crippen molar-refractivity contribution in [3.63, 3.8) is 0 Å². The van der Waals surface area contributed by atoms with Gasteiger partial charge in [0.25, 0.3) is 11.8 Å². The van der Waals surface area contributed by atoms with Crippen molar-refractivity contribution in [2.45, 2.75) is 30.1 Å². The third-order valence-corrected chi connectivity index (χ3v) is 8.04. The standard InChI is InChI=1S/C17H18N8O5S3/c1-24-5-19-22-17(24)33-6-32-9-3-2-8-11(14(27)25(8)12(9)15(28)29)21-13(26)10(23-30)7-4-31-16(18)20-7/h4-5,8,11,30H,2-3,6H2,1H3,(H2,18,20)(H,21,26)(H,28,29)/b23-10-/t8-,11+/m1/s1. The van der Waals surface area contributed by atoms with Crippen molar-refractivity contribution < 1.29 is 24.7 Å². The number of β-lactam (4-membered cyclic amide) rings is 1. The van der Waals surface area contributed by atoms with Gasteiger partial charge in [0.15, 0.2) is 16.0 Å². The first kappa shape index (κ1) is 23.1. The Labute approximate surface area is 199 Å². The van der Waals surface area contributed by atoms with E-state index in [4.69, 9.17) is 5.73 Å². The second-order valence-corrected chi connectivity index (χ2v) is 10.3. The number of thioether (sulfide) groups is 2. The SMILES string of the molecule is Cn1cnnc1SCSC1=C(C(=O)O)N2C(=O)[C@@H](NC(=O)/C(=N\O)c3csc(N)n3)[C@H]2CC1. The maximum atomic E-state index is 12.8. The van der Waals surface area contributed by atoms with Crippen molar-refractivity contribution in [1.29, 1.82) is 0 Å². The number of nitrogen functional groups attached to an aromatic ring is 1. The van der Waals surface area contributed by atoms with Crippen molar-refractivity contribution >= 4 is 63.5 Å². The maximum Gasteiger partial charge on any atom is 0.353 e. The minimum atomic E-state index is -1.21. The molecular weight excluding hydrogens is 492 g/mol. The molecule has 0 radical (unpaired) electrons. The van der Waals surface area contributed by atoms with Crippen molar-refractivity contribution in [1.82, 2.24) is 30.0 Å². The van der Waals surface area contributed by atoms with Crippen molar-refractivity contribution in [2.24, 2.45) is 12.2 Å². The summed E-state index contributed by atoms with van der Waals surface area (Å²) in [4.78, 5) is 43.0. The Bertz CT molecular complexity index is 1180. The van der Waals surface area contributed by atoms with Crippen LogP contribution in [-0.4, -0.2) is 75.6 Å². The van der Waals surface area contributed by atoms with Crippen molar-refractivity contribution in [2.75, 3.05) is 10.8 Å². The number of carbonyl (C=O) groups excluding carboxylic acids is 2. The summed E-state index contributed by atoms with van der Waals surface area (Å²) in [6.07, 6.45) is 2.49. The topological polar surface area (TPSA) is 189 Å². The molecule has 5 N–H and O–H groups in total. The Morgan fingerprint density at radius 3 is 2.82 bits per heavy atom. The number of amides is 2. The van der Waals surface area contributed by atoms with E-state index in [-0.39, 0.29) is 22.2 Å². The van der Waals surface area contributed by atoms with E-state index in [9.17, 15) is 24.7 Å². The Hall–Kier alpha value is -3.11. The quantitative estimate of drug-likeness (QED) is 0.0954. The molecule has 2 aromatic heterocycles. The summed E-state index contributed by atoms with van der Waals surface area (Å²) in [6, 6.07) is -1.44. The van der Waals surface area contributed by atoms with E-state index in [0.29, 0.717) is 28.0 Å². The van der Waals surface area contributed by atoms with Gasteiger partial charge in [0.05, 0.1) is 11.1 Å². The molecule has 16 heteroatoms. The number of aryl methyl sites for hydroxylation is 1. The summed E-state index contributed by atoms with van der Waals surface area (Å²) in [5, 5.41) is 35.1. The molecule has 13 nitrogen and oxygen atoms in total. The summed E-state index contributed by atoms with van der Waals surface area (Å²) in [5.41, 5.74) is 5.18. The molecule has 1 fully saturated rings. The molecule has 0 saturated carbocycles. The number of nitrogens with one attached hydrogen (secondary N) is 1. The van der Waals surface area contributed by atoms with Crippen LogP contribution >= 0.6 is 34.9 Å². The van der Waals surface area contributed by atoms with Gasteiger partial charge in [-0.3, -0.25) is 14.5 Å². The predicted octanol–water partition coefficient (Wildman–Crippen LogP) is 0.301. The summed E-state index contributed by atoms with van der Waals surface area (Å²) < 4.78 is 1.75. The number of carboxylic acids is 1. The molecule has 0 spiro atoms. The zero-order valence-electron chi connectivity index (χ0n) is 17.0. The summed E-state index contributed by atoms with van der Waals surface area (Å²) in [7, 11) is 1.81. The van der Waals surface area contributed by atoms with Crippen LogP contribution in [0.1, 0.15) is 18.5 Å². The molecule has 2 aliphatic heterocycles. The third-order valence-electron chi connectivity index (χ3n) is 5.05. The van der Waals surface area contributed by atoms with E-state index < -0.39 is 29.9 Å². The predicted molar refractivity (Wildman–Crippen MR) is 121 cm³/mol. The van der Waals surface area contributed by atoms with E-state index in [1.54, 1.807) is 10.9 Å². The van der Waals surface area contributed by atoms with Gasteiger partial charge in [0.2, 0.25) is 0 Å². The number of anilines is 1. The molecule has 4 heterocycles. The fourth-order valence-corrected chi connectivity index (χ4v) is 6.26. The number of thiazole rings is 1. The number of fused-ring (bicyclic) bond motifs is 1. The van der Waals surface area contributed by atoms with Gasteiger partial charge in [0, 0.05) is 17.3 Å². The Kier molecular flexibility index (Phi) is 6.57. The molecule has 0 bridgehead atoms. The first-order valence-corrected chi connectivity index (χ1v) is 12.3. The smallest absolute Gasteiger partial charge is 0.353 e. The summed E-state index contributed by atoms with van der Waals surface area (Å²) >= 11 is 3.81. The van der Waals surface area contributed by atoms with Crippen LogP contribution in [0.15, 0.2) is 32.6 Å². The van der Waals surface area contributed by atoms with Gasteiger partial charge in [-0.05, 0) is 12.8 Å². The molecule has 33 heavy (non-hydrogen) atoms. The van der Waals surface area contributed by atoms with E-state index in [2.05, 4.69) is 25.7 Å². The van der Waals surface area contributed by atoms with Crippen LogP contribution in [0.3, 0.4) is 0 Å². The molecule has 0 aliphatic carbocycles. The first-order chi connectivity index (χ1) is 15.8. The van der Waals surface area contributed by atoms with Gasteiger partial charge in [-0.1, -0.05) is 16.9 Å². The van der Waals surface area contributed by atoms with E-state index in [0.717, 1.165) is 11.3 Å². The number of carbonyl (C=O) groups is 3. The largest absolute Gasteiger partial charge is 0.477 e. The van der Waals surface area contributed by atoms with Crippen LogP contribution in [-0.2, 0) is 21.4 Å². The normalized spacial score (nSPS) is 20.5. The maximum absolute atomic E-state index is 12.8. The van der Waals surface area contributed by atoms with Gasteiger partial charge in [-0.15, -0.1) is 33.3 Å². The van der Waals surface area contributed by atoms with Crippen molar-refractivity contribution in [3.8, 4) is 0 Å². The number of aromatic nitrogens is 4. The van der Waals surface area contributed by atoms with E-state index in [1.807, 2.05) is 7.05 Å². The van der Waals surface area contributed by atoms with Gasteiger partial charge in [-0.25, -0.2) is 9.78 Å². The summed E-state index contributed by atoms with van der Waals surface area (Å²) in [5.74, 6) is -2.55. The lowest BCUT2D eigenvalue weighted by Crippen LogP contribution is -2.72. The number of oxime groups is 1. The second kappa shape index (κ2) is 9.40. The molecule has 2 atom stereocenters. The minimum absolute atomic E-state index is 0.0753. The number of aliphatic carboxylic acids is 1.